The van der Waals surface area contributed by atoms with Gasteiger partial charge in [-0.05, 0) is 35.7 Å². The molecule has 0 aliphatic carbocycles. The van der Waals surface area contributed by atoms with Gasteiger partial charge in [0.2, 0.25) is 0 Å². The Labute approximate surface area is 120 Å². The van der Waals surface area contributed by atoms with E-state index in [1.165, 1.54) is 11.1 Å². The molecule has 2 nitrogen and oxygen atoms in total. The number of nitrogens with one attached hydrogen (secondary N) is 1. The number of benzene rings is 2. The first-order chi connectivity index (χ1) is 9.67. The zero-order valence-corrected chi connectivity index (χ0v) is 11.9. The molecular formula is C18H19NO. The van der Waals surface area contributed by atoms with Crippen LogP contribution in [0.15, 0.2) is 43.0 Å². The minimum absolute atomic E-state index is 0.698. The van der Waals surface area contributed by atoms with Crippen molar-refractivity contribution in [1.82, 2.24) is 0 Å². The molecule has 0 unspecified atom stereocenters. The van der Waals surface area contributed by atoms with E-state index >= 15 is 0 Å². The molecule has 0 spiro atoms. The van der Waals surface area contributed by atoms with Gasteiger partial charge in [0.15, 0.2) is 0 Å². The van der Waals surface area contributed by atoms with Gasteiger partial charge in [0.25, 0.3) is 0 Å². The summed E-state index contributed by atoms with van der Waals surface area (Å²) in [6.45, 7) is 5.93. The van der Waals surface area contributed by atoms with Crippen molar-refractivity contribution in [3.63, 3.8) is 0 Å². The summed E-state index contributed by atoms with van der Waals surface area (Å²) in [4.78, 5) is 10.9. The van der Waals surface area contributed by atoms with Gasteiger partial charge in [0.05, 0.1) is 0 Å². The van der Waals surface area contributed by atoms with E-state index < -0.39 is 0 Å². The number of hydrogen-bond acceptors (Lipinski definition) is 2. The van der Waals surface area contributed by atoms with Gasteiger partial charge in [-0.15, -0.1) is 0 Å². The molecule has 0 heterocycles. The maximum absolute atomic E-state index is 10.9. The molecule has 102 valence electrons. The highest BCUT2D eigenvalue weighted by atomic mass is 16.1. The van der Waals surface area contributed by atoms with Crippen LogP contribution in [-0.2, 0) is 6.42 Å². The highest BCUT2D eigenvalue weighted by molar-refractivity contribution is 5.76. The number of aldehydes is 1. The van der Waals surface area contributed by atoms with E-state index in [9.17, 15) is 4.79 Å². The van der Waals surface area contributed by atoms with Gasteiger partial charge in [-0.25, -0.2) is 0 Å². The van der Waals surface area contributed by atoms with Gasteiger partial charge in [0, 0.05) is 24.7 Å². The van der Waals surface area contributed by atoms with Crippen molar-refractivity contribution < 1.29 is 4.79 Å². The molecule has 2 aromatic rings. The number of carbonyl (C=O) groups is 1. The minimum atomic E-state index is 0.698. The molecule has 0 saturated heterocycles. The minimum Gasteiger partial charge on any atom is -0.388 e. The number of aryl methyl sites for hydroxylation is 1. The Morgan fingerprint density at radius 2 is 1.95 bits per heavy atom. The van der Waals surface area contributed by atoms with E-state index in [2.05, 4.69) is 37.0 Å². The predicted molar refractivity (Wildman–Crippen MR) is 85.5 cm³/mol. The Morgan fingerprint density at radius 3 is 2.60 bits per heavy atom. The summed E-state index contributed by atoms with van der Waals surface area (Å²) < 4.78 is 0. The van der Waals surface area contributed by atoms with Gasteiger partial charge < -0.3 is 5.32 Å². The Kier molecular flexibility index (Phi) is 4.36. The van der Waals surface area contributed by atoms with Crippen LogP contribution in [0.2, 0.25) is 0 Å². The molecule has 0 aliphatic rings. The van der Waals surface area contributed by atoms with E-state index in [-0.39, 0.29) is 0 Å². The topological polar surface area (TPSA) is 29.1 Å². The van der Waals surface area contributed by atoms with Gasteiger partial charge in [0.1, 0.15) is 6.29 Å². The predicted octanol–water partition coefficient (Wildman–Crippen LogP) is 4.08. The molecule has 0 aromatic heterocycles. The molecular weight excluding hydrogens is 246 g/mol. The number of rotatable bonds is 5. The summed E-state index contributed by atoms with van der Waals surface area (Å²) in [5.41, 5.74) is 6.45. The van der Waals surface area contributed by atoms with Crippen LogP contribution in [-0.4, -0.2) is 13.3 Å². The lowest BCUT2D eigenvalue weighted by molar-refractivity contribution is 0.112. The summed E-state index contributed by atoms with van der Waals surface area (Å²) in [6, 6.07) is 12.1. The molecule has 0 radical (unpaired) electrons. The molecule has 2 heteroatoms. The van der Waals surface area contributed by atoms with Crippen molar-refractivity contribution in [2.24, 2.45) is 0 Å². The second-order valence-corrected chi connectivity index (χ2v) is 4.87. The van der Waals surface area contributed by atoms with Crippen LogP contribution < -0.4 is 5.32 Å². The van der Waals surface area contributed by atoms with Crippen LogP contribution in [0.5, 0.6) is 0 Å². The van der Waals surface area contributed by atoms with Crippen molar-refractivity contribution >= 4 is 18.0 Å². The first-order valence-corrected chi connectivity index (χ1v) is 6.65. The van der Waals surface area contributed by atoms with Crippen LogP contribution in [0.25, 0.3) is 6.08 Å². The lowest BCUT2D eigenvalue weighted by Gasteiger charge is -2.12. The summed E-state index contributed by atoms with van der Waals surface area (Å²) >= 11 is 0. The van der Waals surface area contributed by atoms with Crippen molar-refractivity contribution in [3.05, 3.63) is 70.8 Å². The molecule has 0 amide bonds. The molecule has 0 fully saturated rings. The summed E-state index contributed by atoms with van der Waals surface area (Å²) in [5, 5.41) is 3.21. The number of carbonyl (C=O) groups excluding carboxylic acids is 1. The maximum Gasteiger partial charge on any atom is 0.150 e. The smallest absolute Gasteiger partial charge is 0.150 e. The lowest BCUT2D eigenvalue weighted by Crippen LogP contribution is -1.99. The second-order valence-electron chi connectivity index (χ2n) is 4.87. The normalized spacial score (nSPS) is 10.1. The number of anilines is 1. The van der Waals surface area contributed by atoms with Crippen molar-refractivity contribution in [1.29, 1.82) is 0 Å². The molecule has 0 bridgehead atoms. The van der Waals surface area contributed by atoms with Crippen LogP contribution in [0.3, 0.4) is 0 Å². The zero-order chi connectivity index (χ0) is 14.5. The van der Waals surface area contributed by atoms with Crippen molar-refractivity contribution in [2.75, 3.05) is 12.4 Å². The van der Waals surface area contributed by atoms with Crippen LogP contribution in [0.1, 0.15) is 32.6 Å². The average Bonchev–Trinajstić information content (AvgIpc) is 2.47. The fourth-order valence-corrected chi connectivity index (χ4v) is 2.37. The van der Waals surface area contributed by atoms with Gasteiger partial charge in [-0.3, -0.25) is 4.79 Å². The summed E-state index contributed by atoms with van der Waals surface area (Å²) in [7, 11) is 1.92. The third kappa shape index (κ3) is 2.97. The molecule has 0 atom stereocenters. The van der Waals surface area contributed by atoms with E-state index in [1.807, 2.05) is 31.3 Å². The molecule has 1 N–H and O–H groups in total. The molecule has 2 rings (SSSR count). The zero-order valence-electron chi connectivity index (χ0n) is 11.9. The molecule has 0 aliphatic heterocycles. The van der Waals surface area contributed by atoms with E-state index in [0.29, 0.717) is 5.56 Å². The van der Waals surface area contributed by atoms with E-state index in [0.717, 1.165) is 29.5 Å². The van der Waals surface area contributed by atoms with Crippen LogP contribution >= 0.6 is 0 Å². The monoisotopic (exact) mass is 265 g/mol. The highest BCUT2D eigenvalue weighted by Crippen LogP contribution is 2.23. The highest BCUT2D eigenvalue weighted by Gasteiger charge is 2.07. The Bertz CT molecular complexity index is 644. The summed E-state index contributed by atoms with van der Waals surface area (Å²) in [5.74, 6) is 0. The van der Waals surface area contributed by atoms with E-state index in [1.54, 1.807) is 0 Å². The Hall–Kier alpha value is -2.35. The quantitative estimate of drug-likeness (QED) is 0.825. The van der Waals surface area contributed by atoms with Crippen molar-refractivity contribution in [2.45, 2.75) is 13.3 Å². The second kappa shape index (κ2) is 6.20. The Morgan fingerprint density at radius 1 is 1.15 bits per heavy atom. The fourth-order valence-electron chi connectivity index (χ4n) is 2.37. The molecule has 0 saturated carbocycles. The van der Waals surface area contributed by atoms with Gasteiger partial charge in [-0.2, -0.15) is 0 Å². The largest absolute Gasteiger partial charge is 0.388 e. The first-order valence-electron chi connectivity index (χ1n) is 6.65. The van der Waals surface area contributed by atoms with E-state index in [4.69, 9.17) is 0 Å². The summed E-state index contributed by atoms with van der Waals surface area (Å²) in [6.07, 6.45) is 3.49. The third-order valence-corrected chi connectivity index (χ3v) is 3.43. The SMILES string of the molecule is C=Cc1ccc(C=O)cc1Cc1cc(C)ccc1NC. The first kappa shape index (κ1) is 14.1. The average molecular weight is 265 g/mol. The Balaban J connectivity index is 2.45. The van der Waals surface area contributed by atoms with Crippen molar-refractivity contribution in [3.8, 4) is 0 Å². The van der Waals surface area contributed by atoms with Gasteiger partial charge in [-0.1, -0.05) is 42.5 Å². The molecule has 20 heavy (non-hydrogen) atoms. The van der Waals surface area contributed by atoms with Crippen LogP contribution in [0.4, 0.5) is 5.69 Å². The maximum atomic E-state index is 10.9. The third-order valence-electron chi connectivity index (χ3n) is 3.43. The van der Waals surface area contributed by atoms with Crippen LogP contribution in [0, 0.1) is 6.92 Å². The molecule has 2 aromatic carbocycles. The lowest BCUT2D eigenvalue weighted by atomic mass is 9.96. The number of hydrogen-bond donors (Lipinski definition) is 1. The van der Waals surface area contributed by atoms with Gasteiger partial charge >= 0.3 is 0 Å². The fraction of sp³-hybridized carbons (Fsp3) is 0.167. The standard InChI is InChI=1S/C18H19NO/c1-4-15-7-6-14(12-20)10-16(15)11-17-9-13(2)5-8-18(17)19-3/h4-10,12,19H,1,11H2,2-3H3.